The Morgan fingerprint density at radius 1 is 2.00 bits per heavy atom. The monoisotopic (exact) mass is 74.0 g/mol. The molecule has 0 N–H and O–H groups in total. The Morgan fingerprint density at radius 2 is 2.25 bits per heavy atom. The Hall–Kier alpha value is 0.430. The van der Waals surface area contributed by atoms with Crippen LogP contribution >= 0.6 is 8.58 Å². The third kappa shape index (κ3) is 0.422. The zero-order valence-corrected chi connectivity index (χ0v) is 3.78. The van der Waals surface area contributed by atoms with E-state index >= 15 is 0 Å². The van der Waals surface area contributed by atoms with Gasteiger partial charge in [-0.1, -0.05) is 6.92 Å². The second-order valence-electron chi connectivity index (χ2n) is 1.31. The Morgan fingerprint density at radius 3 is 2.25 bits per heavy atom. The van der Waals surface area contributed by atoms with Crippen LogP contribution in [0, 0.1) is 0 Å². The van der Waals surface area contributed by atoms with E-state index in [0.717, 1.165) is 5.66 Å². The number of rotatable bonds is 0. The van der Waals surface area contributed by atoms with Gasteiger partial charge in [-0.3, -0.25) is 0 Å². The quantitative estimate of drug-likeness (QED) is 0.377. The fraction of sp³-hybridized carbons (Fsp3) is 1.00. The van der Waals surface area contributed by atoms with Gasteiger partial charge in [-0.2, -0.15) is 0 Å². The SMILES string of the molecule is C[C@H]1CP1. The van der Waals surface area contributed by atoms with Crippen molar-refractivity contribution in [1.29, 1.82) is 0 Å². The number of hydrogen-bond donors (Lipinski definition) is 0. The van der Waals surface area contributed by atoms with E-state index < -0.39 is 0 Å². The van der Waals surface area contributed by atoms with E-state index in [9.17, 15) is 0 Å². The maximum absolute atomic E-state index is 2.29. The highest BCUT2D eigenvalue weighted by atomic mass is 31.1. The van der Waals surface area contributed by atoms with Crippen LogP contribution in [0.2, 0.25) is 0 Å². The molecule has 0 aromatic carbocycles. The molecule has 0 bridgehead atoms. The summed E-state index contributed by atoms with van der Waals surface area (Å²) in [4.78, 5) is 0. The van der Waals surface area contributed by atoms with Crippen LogP contribution in [0.15, 0.2) is 0 Å². The molecule has 1 heteroatoms. The van der Waals surface area contributed by atoms with Crippen LogP contribution in [0.4, 0.5) is 0 Å². The molecular formula is C3H7P. The van der Waals surface area contributed by atoms with Crippen LogP contribution < -0.4 is 0 Å². The topological polar surface area (TPSA) is 0 Å². The lowest BCUT2D eigenvalue weighted by Crippen LogP contribution is -1.57. The highest BCUT2D eigenvalue weighted by Gasteiger charge is 2.12. The summed E-state index contributed by atoms with van der Waals surface area (Å²) >= 11 is 0. The average molecular weight is 74.1 g/mol. The molecule has 1 saturated heterocycles. The van der Waals surface area contributed by atoms with Gasteiger partial charge in [0, 0.05) is 0 Å². The van der Waals surface area contributed by atoms with Gasteiger partial charge in [-0.05, 0) is 11.8 Å². The summed E-state index contributed by atoms with van der Waals surface area (Å²) < 4.78 is 0. The summed E-state index contributed by atoms with van der Waals surface area (Å²) in [5.41, 5.74) is 1.11. The summed E-state index contributed by atoms with van der Waals surface area (Å²) in [5, 5.41) is 0. The van der Waals surface area contributed by atoms with Crippen molar-refractivity contribution in [1.82, 2.24) is 0 Å². The molecule has 1 aliphatic heterocycles. The first-order valence-electron chi connectivity index (χ1n) is 1.63. The Kier molecular flexibility index (Phi) is 0.456. The van der Waals surface area contributed by atoms with Gasteiger partial charge in [0.2, 0.25) is 0 Å². The van der Waals surface area contributed by atoms with Crippen molar-refractivity contribution in [3.63, 3.8) is 0 Å². The summed E-state index contributed by atoms with van der Waals surface area (Å²) in [6.45, 7) is 2.29. The van der Waals surface area contributed by atoms with Crippen molar-refractivity contribution in [2.45, 2.75) is 12.6 Å². The first kappa shape index (κ1) is 2.66. The van der Waals surface area contributed by atoms with Crippen LogP contribution in [0.5, 0.6) is 0 Å². The molecule has 1 aliphatic rings. The largest absolute Gasteiger partial charge is 0.118 e. The maximum Gasteiger partial charge on any atom is -0.0228 e. The smallest absolute Gasteiger partial charge is 0.0228 e. The molecule has 1 heterocycles. The standard InChI is InChI=1S/C3H7P/c1-3-2-4-3/h3-4H,2H2,1H3/t3-/m0/s1. The van der Waals surface area contributed by atoms with Gasteiger partial charge in [-0.15, -0.1) is 8.58 Å². The molecule has 0 radical (unpaired) electrons. The first-order valence-corrected chi connectivity index (χ1v) is 2.91. The van der Waals surface area contributed by atoms with E-state index in [-0.39, 0.29) is 0 Å². The second-order valence-corrected chi connectivity index (χ2v) is 3.11. The van der Waals surface area contributed by atoms with Crippen molar-refractivity contribution in [2.75, 3.05) is 6.16 Å². The molecule has 4 heavy (non-hydrogen) atoms. The zero-order chi connectivity index (χ0) is 2.99. The zero-order valence-electron chi connectivity index (χ0n) is 2.78. The minimum absolute atomic E-state index is 1.11. The van der Waals surface area contributed by atoms with Crippen molar-refractivity contribution in [2.24, 2.45) is 0 Å². The highest BCUT2D eigenvalue weighted by molar-refractivity contribution is 7.47. The average Bonchev–Trinajstić information content (AvgIpc) is 1.75. The molecule has 0 aliphatic carbocycles. The van der Waals surface area contributed by atoms with E-state index in [1.807, 2.05) is 0 Å². The van der Waals surface area contributed by atoms with Crippen LogP contribution in [0.25, 0.3) is 0 Å². The third-order valence-corrected chi connectivity index (χ3v) is 1.84. The van der Waals surface area contributed by atoms with Crippen LogP contribution in [0.3, 0.4) is 0 Å². The lowest BCUT2D eigenvalue weighted by atomic mass is 10.6. The Bertz CT molecular complexity index is 22.5. The van der Waals surface area contributed by atoms with Crippen LogP contribution in [0.1, 0.15) is 6.92 Å². The van der Waals surface area contributed by atoms with E-state index in [4.69, 9.17) is 0 Å². The van der Waals surface area contributed by atoms with Gasteiger partial charge in [0.25, 0.3) is 0 Å². The Labute approximate surface area is 28.4 Å². The lowest BCUT2D eigenvalue weighted by Gasteiger charge is -1.52. The van der Waals surface area contributed by atoms with Gasteiger partial charge in [0.15, 0.2) is 0 Å². The van der Waals surface area contributed by atoms with Gasteiger partial charge in [0.05, 0.1) is 0 Å². The highest BCUT2D eigenvalue weighted by Crippen LogP contribution is 2.37. The number of hydrogen-bond acceptors (Lipinski definition) is 0. The third-order valence-electron chi connectivity index (χ3n) is 0.612. The summed E-state index contributed by atoms with van der Waals surface area (Å²) in [6.07, 6.45) is 1.51. The normalized spacial score (nSPS) is 45.8. The molecule has 1 rings (SSSR count). The van der Waals surface area contributed by atoms with E-state index in [1.165, 1.54) is 14.7 Å². The molecule has 24 valence electrons. The van der Waals surface area contributed by atoms with Gasteiger partial charge in [0.1, 0.15) is 0 Å². The van der Waals surface area contributed by atoms with Crippen molar-refractivity contribution < 1.29 is 0 Å². The van der Waals surface area contributed by atoms with Crippen molar-refractivity contribution in [3.05, 3.63) is 0 Å². The first-order chi connectivity index (χ1) is 1.89. The van der Waals surface area contributed by atoms with Crippen molar-refractivity contribution >= 4 is 8.58 Å². The second kappa shape index (κ2) is 0.687. The molecule has 0 aromatic heterocycles. The van der Waals surface area contributed by atoms with E-state index in [1.54, 1.807) is 0 Å². The minimum Gasteiger partial charge on any atom is -0.118 e. The molecule has 1 unspecified atom stereocenters. The fourth-order valence-electron chi connectivity index (χ4n) is 0.118. The fourth-order valence-corrected chi connectivity index (χ4v) is 0.354. The van der Waals surface area contributed by atoms with Gasteiger partial charge in [-0.25, -0.2) is 0 Å². The molecule has 0 nitrogen and oxygen atoms in total. The van der Waals surface area contributed by atoms with E-state index in [2.05, 4.69) is 6.92 Å². The molecule has 0 amide bonds. The Balaban J connectivity index is 2.17. The summed E-state index contributed by atoms with van der Waals surface area (Å²) in [7, 11) is 1.31. The van der Waals surface area contributed by atoms with E-state index in [0.29, 0.717) is 0 Å². The predicted molar refractivity (Wildman–Crippen MR) is 22.6 cm³/mol. The van der Waals surface area contributed by atoms with Gasteiger partial charge >= 0.3 is 0 Å². The van der Waals surface area contributed by atoms with Crippen LogP contribution in [-0.2, 0) is 0 Å². The molecule has 2 atom stereocenters. The molecule has 1 fully saturated rings. The predicted octanol–water partition coefficient (Wildman–Crippen LogP) is 1.07. The van der Waals surface area contributed by atoms with Crippen molar-refractivity contribution in [3.8, 4) is 0 Å². The molecule has 0 aromatic rings. The van der Waals surface area contributed by atoms with Crippen LogP contribution in [-0.4, -0.2) is 11.8 Å². The molecule has 0 spiro atoms. The minimum atomic E-state index is 1.11. The summed E-state index contributed by atoms with van der Waals surface area (Å²) in [6, 6.07) is 0. The lowest BCUT2D eigenvalue weighted by molar-refractivity contribution is 1.25. The van der Waals surface area contributed by atoms with Gasteiger partial charge < -0.3 is 0 Å². The maximum atomic E-state index is 2.29. The molecular weight excluding hydrogens is 67.0 g/mol. The summed E-state index contributed by atoms with van der Waals surface area (Å²) in [5.74, 6) is 0. The molecule has 0 saturated carbocycles.